The molecule has 0 fully saturated rings. The molecule has 4 aromatic rings. The van der Waals surface area contributed by atoms with Crippen LogP contribution in [0.3, 0.4) is 0 Å². The second-order valence-corrected chi connectivity index (χ2v) is 5.58. The summed E-state index contributed by atoms with van der Waals surface area (Å²) >= 11 is 0. The van der Waals surface area contributed by atoms with Crippen molar-refractivity contribution in [1.82, 2.24) is 24.9 Å². The number of pyridine rings is 1. The van der Waals surface area contributed by atoms with Gasteiger partial charge in [0.2, 0.25) is 5.95 Å². The summed E-state index contributed by atoms with van der Waals surface area (Å²) in [5.41, 5.74) is 8.45. The number of anilines is 2. The van der Waals surface area contributed by atoms with Gasteiger partial charge < -0.3 is 10.7 Å². The molecule has 0 aliphatic heterocycles. The molecule has 0 saturated heterocycles. The average Bonchev–Trinajstić information content (AvgIpc) is 3.10. The van der Waals surface area contributed by atoms with Gasteiger partial charge in [-0.15, -0.1) is 0 Å². The van der Waals surface area contributed by atoms with Crippen LogP contribution >= 0.6 is 0 Å². The van der Waals surface area contributed by atoms with Crippen LogP contribution in [0, 0.1) is 11.3 Å². The summed E-state index contributed by atoms with van der Waals surface area (Å²) in [5, 5.41) is 11.9. The molecule has 0 bridgehead atoms. The van der Waals surface area contributed by atoms with Gasteiger partial charge in [-0.25, -0.2) is 15.0 Å². The number of nitrogens with two attached hydrogens (primary N) is 1. The number of nitrogen functional groups attached to an aromatic ring is 1. The third-order valence-electron chi connectivity index (χ3n) is 3.85. The fourth-order valence-corrected chi connectivity index (χ4v) is 2.58. The first-order valence-electron chi connectivity index (χ1n) is 7.89. The minimum Gasteiger partial charge on any atom is -0.382 e. The molecule has 0 unspecified atom stereocenters. The number of carbonyl (C=O) groups excluding carboxylic acids is 1. The molecule has 0 aliphatic carbocycles. The van der Waals surface area contributed by atoms with E-state index in [9.17, 15) is 10.1 Å². The number of fused-ring (bicyclic) bond motifs is 1. The normalized spacial score (nSPS) is 10.1. The maximum Gasteiger partial charge on any atom is 0.280 e. The Morgan fingerprint density at radius 2 is 2.00 bits per heavy atom. The zero-order chi connectivity index (χ0) is 18.8. The standard InChI is InChI=1S/C18H12N8O.V/c19-7-10-8-21-6-5-11(10)14-9-22-16(20)15(23-14)17(27)26-18-24-12-3-1-2-4-13(12)25-18;/h1-6,8-9H,(H2,20,22)(H2,24,25,26,27);. The van der Waals surface area contributed by atoms with Gasteiger partial charge in [0.05, 0.1) is 28.5 Å². The maximum absolute atomic E-state index is 12.6. The fraction of sp³-hybridized carbons (Fsp3) is 0. The molecule has 1 aromatic carbocycles. The summed E-state index contributed by atoms with van der Waals surface area (Å²) < 4.78 is 0. The number of H-pyrrole nitrogens is 1. The van der Waals surface area contributed by atoms with Gasteiger partial charge in [0.1, 0.15) is 6.07 Å². The van der Waals surface area contributed by atoms with Crippen molar-refractivity contribution in [3.8, 4) is 17.3 Å². The average molecular weight is 407 g/mol. The van der Waals surface area contributed by atoms with Crippen LogP contribution in [-0.4, -0.2) is 30.8 Å². The van der Waals surface area contributed by atoms with Gasteiger partial charge in [0.15, 0.2) is 11.5 Å². The Bertz CT molecular complexity index is 1180. The van der Waals surface area contributed by atoms with Crippen LogP contribution in [0.5, 0.6) is 0 Å². The van der Waals surface area contributed by atoms with Gasteiger partial charge in [-0.3, -0.25) is 15.1 Å². The molecule has 0 saturated carbocycles. The topological polar surface area (TPSA) is 146 Å². The van der Waals surface area contributed by atoms with E-state index in [-0.39, 0.29) is 36.0 Å². The predicted molar refractivity (Wildman–Crippen MR) is 98.4 cm³/mol. The minimum atomic E-state index is -0.562. The first kappa shape index (κ1) is 19.0. The van der Waals surface area contributed by atoms with Crippen molar-refractivity contribution < 1.29 is 23.4 Å². The third-order valence-corrected chi connectivity index (χ3v) is 3.85. The van der Waals surface area contributed by atoms with E-state index < -0.39 is 5.91 Å². The van der Waals surface area contributed by atoms with Crippen LogP contribution in [0.1, 0.15) is 16.1 Å². The maximum atomic E-state index is 12.6. The molecule has 1 amide bonds. The monoisotopic (exact) mass is 407 g/mol. The van der Waals surface area contributed by atoms with E-state index in [0.717, 1.165) is 11.0 Å². The number of nitrogens with zero attached hydrogens (tertiary/aromatic N) is 5. The summed E-state index contributed by atoms with van der Waals surface area (Å²) in [6.07, 6.45) is 4.35. The van der Waals surface area contributed by atoms with Gasteiger partial charge in [0.25, 0.3) is 5.91 Å². The number of amides is 1. The molecule has 3 aromatic heterocycles. The van der Waals surface area contributed by atoms with E-state index in [0.29, 0.717) is 16.8 Å². The van der Waals surface area contributed by atoms with Gasteiger partial charge in [-0.1, -0.05) is 12.1 Å². The van der Waals surface area contributed by atoms with Gasteiger partial charge >= 0.3 is 0 Å². The number of carbonyl (C=O) groups is 1. The van der Waals surface area contributed by atoms with Gasteiger partial charge in [-0.05, 0) is 18.2 Å². The summed E-state index contributed by atoms with van der Waals surface area (Å²) in [7, 11) is 0. The SMILES string of the molecule is N#Cc1cnccc1-c1cnc(N)c(C(=O)Nc2nc3ccccc3[nH]2)n1.[V]. The van der Waals surface area contributed by atoms with Crippen LogP contribution in [0.25, 0.3) is 22.3 Å². The number of imidazole rings is 1. The molecular weight excluding hydrogens is 395 g/mol. The minimum absolute atomic E-state index is 0. The van der Waals surface area contributed by atoms with Crippen molar-refractivity contribution in [3.05, 3.63) is 60.2 Å². The van der Waals surface area contributed by atoms with E-state index in [4.69, 9.17) is 5.73 Å². The first-order chi connectivity index (χ1) is 13.2. The van der Waals surface area contributed by atoms with Crippen molar-refractivity contribution in [2.24, 2.45) is 0 Å². The van der Waals surface area contributed by atoms with Crippen LogP contribution in [0.15, 0.2) is 48.9 Å². The quantitative estimate of drug-likeness (QED) is 0.471. The van der Waals surface area contributed by atoms with Gasteiger partial charge in [0, 0.05) is 36.5 Å². The molecule has 0 atom stereocenters. The van der Waals surface area contributed by atoms with Crippen molar-refractivity contribution >= 4 is 28.7 Å². The number of nitriles is 1. The molecule has 135 valence electrons. The zero-order valence-electron chi connectivity index (χ0n) is 14.3. The molecule has 9 nitrogen and oxygen atoms in total. The number of aromatic nitrogens is 5. The van der Waals surface area contributed by atoms with E-state index >= 15 is 0 Å². The van der Waals surface area contributed by atoms with Crippen LogP contribution < -0.4 is 11.1 Å². The molecule has 1 radical (unpaired) electrons. The Morgan fingerprint density at radius 1 is 1.18 bits per heavy atom. The number of nitrogens with one attached hydrogen (secondary N) is 2. The Labute approximate surface area is 170 Å². The Balaban J connectivity index is 0.00000225. The van der Waals surface area contributed by atoms with E-state index in [1.165, 1.54) is 18.6 Å². The Morgan fingerprint density at radius 3 is 2.79 bits per heavy atom. The molecular formula is C18H12N8OV. The molecule has 4 rings (SSSR count). The Hall–Kier alpha value is -3.74. The van der Waals surface area contributed by atoms with E-state index in [1.54, 1.807) is 6.07 Å². The predicted octanol–water partition coefficient (Wildman–Crippen LogP) is 2.12. The van der Waals surface area contributed by atoms with Crippen molar-refractivity contribution in [2.45, 2.75) is 0 Å². The smallest absolute Gasteiger partial charge is 0.280 e. The number of hydrogen-bond acceptors (Lipinski definition) is 7. The molecule has 3 heterocycles. The van der Waals surface area contributed by atoms with Gasteiger partial charge in [-0.2, -0.15) is 5.26 Å². The number of para-hydroxylation sites is 2. The zero-order valence-corrected chi connectivity index (χ0v) is 15.7. The molecule has 4 N–H and O–H groups in total. The molecule has 10 heteroatoms. The number of aromatic amines is 1. The van der Waals surface area contributed by atoms with E-state index in [1.807, 2.05) is 30.3 Å². The fourth-order valence-electron chi connectivity index (χ4n) is 2.58. The second kappa shape index (κ2) is 7.88. The second-order valence-electron chi connectivity index (χ2n) is 5.58. The molecule has 28 heavy (non-hydrogen) atoms. The van der Waals surface area contributed by atoms with Crippen LogP contribution in [0.2, 0.25) is 0 Å². The Kier molecular flexibility index (Phi) is 5.36. The van der Waals surface area contributed by atoms with Crippen molar-refractivity contribution in [1.29, 1.82) is 5.26 Å². The van der Waals surface area contributed by atoms with E-state index in [2.05, 4.69) is 30.2 Å². The summed E-state index contributed by atoms with van der Waals surface area (Å²) in [4.78, 5) is 32.1. The first-order valence-corrected chi connectivity index (χ1v) is 7.89. The van der Waals surface area contributed by atoms with Crippen LogP contribution in [-0.2, 0) is 18.6 Å². The van der Waals surface area contributed by atoms with Crippen LogP contribution in [0.4, 0.5) is 11.8 Å². The summed E-state index contributed by atoms with van der Waals surface area (Å²) in [6.45, 7) is 0. The molecule has 0 aliphatic rings. The summed E-state index contributed by atoms with van der Waals surface area (Å²) in [5.74, 6) is -0.317. The number of benzene rings is 1. The third kappa shape index (κ3) is 3.55. The van der Waals surface area contributed by atoms with Crippen molar-refractivity contribution in [3.63, 3.8) is 0 Å². The summed E-state index contributed by atoms with van der Waals surface area (Å²) in [6, 6.07) is 11.0. The molecule has 0 spiro atoms. The number of rotatable bonds is 3. The van der Waals surface area contributed by atoms with Crippen molar-refractivity contribution in [2.75, 3.05) is 11.1 Å². The largest absolute Gasteiger partial charge is 0.382 e. The number of hydrogen-bond donors (Lipinski definition) is 3.